The van der Waals surface area contributed by atoms with Gasteiger partial charge in [0.2, 0.25) is 5.91 Å². The fourth-order valence-corrected chi connectivity index (χ4v) is 3.93. The smallest absolute Gasteiger partial charge is 0.225 e. The Morgan fingerprint density at radius 3 is 2.62 bits per heavy atom. The van der Waals surface area contributed by atoms with Gasteiger partial charge in [0.15, 0.2) is 0 Å². The van der Waals surface area contributed by atoms with Crippen LogP contribution in [0.25, 0.3) is 10.9 Å². The Labute approximate surface area is 175 Å². The lowest BCUT2D eigenvalue weighted by Crippen LogP contribution is -2.16. The number of rotatable bonds is 5. The van der Waals surface area contributed by atoms with Crippen molar-refractivity contribution in [3.63, 3.8) is 0 Å². The van der Waals surface area contributed by atoms with Gasteiger partial charge < -0.3 is 10.3 Å². The van der Waals surface area contributed by atoms with E-state index in [2.05, 4.69) is 23.3 Å². The molecule has 29 heavy (non-hydrogen) atoms. The van der Waals surface area contributed by atoms with E-state index in [1.807, 2.05) is 73.8 Å². The molecule has 4 aromatic rings. The van der Waals surface area contributed by atoms with Crippen LogP contribution in [0.4, 0.5) is 5.69 Å². The number of anilines is 1. The summed E-state index contributed by atoms with van der Waals surface area (Å²) in [5.74, 6) is -0.125. The first-order valence-electron chi connectivity index (χ1n) is 9.70. The summed E-state index contributed by atoms with van der Waals surface area (Å²) in [6.07, 6.45) is 2.33. The Balaban J connectivity index is 1.67. The van der Waals surface area contributed by atoms with Gasteiger partial charge in [0, 0.05) is 40.1 Å². The van der Waals surface area contributed by atoms with Crippen molar-refractivity contribution in [1.29, 1.82) is 0 Å². The molecule has 0 fully saturated rings. The van der Waals surface area contributed by atoms with Crippen molar-refractivity contribution in [2.24, 2.45) is 0 Å². The molecule has 146 valence electrons. The molecule has 3 nitrogen and oxygen atoms in total. The van der Waals surface area contributed by atoms with Gasteiger partial charge in [0.25, 0.3) is 0 Å². The van der Waals surface area contributed by atoms with Crippen molar-refractivity contribution in [2.45, 2.75) is 26.2 Å². The number of nitrogens with one attached hydrogen (secondary N) is 2. The number of para-hydroxylation sites is 1. The average Bonchev–Trinajstić information content (AvgIpc) is 3.13. The van der Waals surface area contributed by atoms with E-state index < -0.39 is 0 Å². The summed E-state index contributed by atoms with van der Waals surface area (Å²) >= 11 is 6.26. The molecule has 0 aliphatic carbocycles. The fraction of sp³-hybridized carbons (Fsp3) is 0.160. The molecule has 0 aliphatic rings. The van der Waals surface area contributed by atoms with Crippen molar-refractivity contribution in [1.82, 2.24) is 4.98 Å². The van der Waals surface area contributed by atoms with Crippen molar-refractivity contribution in [2.75, 3.05) is 5.32 Å². The van der Waals surface area contributed by atoms with Crippen LogP contribution in [0.2, 0.25) is 5.02 Å². The highest BCUT2D eigenvalue weighted by Crippen LogP contribution is 2.34. The van der Waals surface area contributed by atoms with Crippen LogP contribution >= 0.6 is 11.6 Å². The minimum atomic E-state index is -0.101. The molecule has 2 N–H and O–H groups in total. The lowest BCUT2D eigenvalue weighted by Gasteiger charge is -2.18. The highest BCUT2D eigenvalue weighted by Gasteiger charge is 2.22. The number of hydrogen-bond donors (Lipinski definition) is 2. The average molecular weight is 403 g/mol. The number of halogens is 1. The van der Waals surface area contributed by atoms with Gasteiger partial charge in [-0.2, -0.15) is 0 Å². The summed E-state index contributed by atoms with van der Waals surface area (Å²) in [6, 6.07) is 21.9. The first-order chi connectivity index (χ1) is 14.0. The highest BCUT2D eigenvalue weighted by atomic mass is 35.5. The molecule has 1 amide bonds. The summed E-state index contributed by atoms with van der Waals surface area (Å²) in [5.41, 5.74) is 6.37. The number of carbonyl (C=O) groups is 1. The van der Waals surface area contributed by atoms with Gasteiger partial charge in [-0.05, 0) is 66.4 Å². The Morgan fingerprint density at radius 2 is 1.83 bits per heavy atom. The molecule has 0 saturated carbocycles. The van der Waals surface area contributed by atoms with Crippen molar-refractivity contribution < 1.29 is 4.79 Å². The summed E-state index contributed by atoms with van der Waals surface area (Å²) in [6.45, 7) is 4.11. The second kappa shape index (κ2) is 8.14. The lowest BCUT2D eigenvalue weighted by atomic mass is 9.88. The Kier molecular flexibility index (Phi) is 5.41. The monoisotopic (exact) mass is 402 g/mol. The van der Waals surface area contributed by atoms with Gasteiger partial charge in [-0.15, -0.1) is 0 Å². The number of hydrogen-bond acceptors (Lipinski definition) is 1. The van der Waals surface area contributed by atoms with E-state index in [9.17, 15) is 4.79 Å². The molecule has 1 unspecified atom stereocenters. The molecule has 0 aliphatic heterocycles. The second-order valence-electron chi connectivity index (χ2n) is 7.45. The van der Waals surface area contributed by atoms with E-state index in [0.29, 0.717) is 11.4 Å². The normalized spacial score (nSPS) is 12.1. The van der Waals surface area contributed by atoms with Crippen LogP contribution in [-0.4, -0.2) is 10.9 Å². The fourth-order valence-electron chi connectivity index (χ4n) is 3.73. The van der Waals surface area contributed by atoms with Crippen LogP contribution in [0.15, 0.2) is 72.9 Å². The quantitative estimate of drug-likeness (QED) is 0.388. The van der Waals surface area contributed by atoms with Gasteiger partial charge in [-0.1, -0.05) is 48.0 Å². The van der Waals surface area contributed by atoms with Crippen LogP contribution in [0, 0.1) is 13.8 Å². The number of H-pyrrole nitrogens is 1. The van der Waals surface area contributed by atoms with Crippen LogP contribution in [0.1, 0.15) is 34.6 Å². The first kappa shape index (κ1) is 19.3. The van der Waals surface area contributed by atoms with E-state index >= 15 is 0 Å². The standard InChI is InChI=1S/C25H23ClN2O/c1-16-10-11-20(12-17(16)2)28-25(29)14-22(18-6-5-7-19(26)13-18)23-15-27-24-9-4-3-8-21(23)24/h3-13,15,22,27H,14H2,1-2H3,(H,28,29). The highest BCUT2D eigenvalue weighted by molar-refractivity contribution is 6.30. The summed E-state index contributed by atoms with van der Waals surface area (Å²) in [5, 5.41) is 4.84. The number of benzene rings is 3. The third-order valence-electron chi connectivity index (χ3n) is 5.43. The molecule has 3 aromatic carbocycles. The number of carbonyl (C=O) groups excluding carboxylic acids is 1. The molecule has 0 saturated heterocycles. The zero-order valence-electron chi connectivity index (χ0n) is 16.5. The molecule has 1 aromatic heterocycles. The first-order valence-corrected chi connectivity index (χ1v) is 10.1. The van der Waals surface area contributed by atoms with E-state index in [1.54, 1.807) is 0 Å². The Bertz CT molecular complexity index is 1180. The number of aromatic nitrogens is 1. The second-order valence-corrected chi connectivity index (χ2v) is 7.88. The van der Waals surface area contributed by atoms with Gasteiger partial charge in [0.05, 0.1) is 0 Å². The van der Waals surface area contributed by atoms with E-state index in [0.717, 1.165) is 33.3 Å². The van der Waals surface area contributed by atoms with Crippen LogP contribution in [0.3, 0.4) is 0 Å². The van der Waals surface area contributed by atoms with Gasteiger partial charge in [-0.3, -0.25) is 4.79 Å². The zero-order chi connectivity index (χ0) is 20.4. The summed E-state index contributed by atoms with van der Waals surface area (Å²) in [4.78, 5) is 16.3. The van der Waals surface area contributed by atoms with E-state index in [4.69, 9.17) is 11.6 Å². The van der Waals surface area contributed by atoms with Crippen LogP contribution in [0.5, 0.6) is 0 Å². The van der Waals surface area contributed by atoms with E-state index in [-0.39, 0.29) is 11.8 Å². The summed E-state index contributed by atoms with van der Waals surface area (Å²) in [7, 11) is 0. The maximum Gasteiger partial charge on any atom is 0.225 e. The molecule has 0 spiro atoms. The molecular weight excluding hydrogens is 380 g/mol. The topological polar surface area (TPSA) is 44.9 Å². The van der Waals surface area contributed by atoms with Crippen molar-refractivity contribution >= 4 is 34.1 Å². The lowest BCUT2D eigenvalue weighted by molar-refractivity contribution is -0.116. The van der Waals surface area contributed by atoms with Gasteiger partial charge in [-0.25, -0.2) is 0 Å². The largest absolute Gasteiger partial charge is 0.361 e. The SMILES string of the molecule is Cc1ccc(NC(=O)CC(c2cccc(Cl)c2)c2c[nH]c3ccccc23)cc1C. The van der Waals surface area contributed by atoms with E-state index in [1.165, 1.54) is 5.56 Å². The predicted octanol–water partition coefficient (Wildman–Crippen LogP) is 6.60. The predicted molar refractivity (Wildman–Crippen MR) is 121 cm³/mol. The number of aryl methyl sites for hydroxylation is 2. The van der Waals surface area contributed by atoms with Gasteiger partial charge >= 0.3 is 0 Å². The third kappa shape index (κ3) is 4.20. The molecule has 0 radical (unpaired) electrons. The van der Waals surface area contributed by atoms with Crippen molar-refractivity contribution in [3.05, 3.63) is 100 Å². The minimum Gasteiger partial charge on any atom is -0.361 e. The Morgan fingerprint density at radius 1 is 1.00 bits per heavy atom. The molecular formula is C25H23ClN2O. The number of amides is 1. The minimum absolute atomic E-state index is 0.0245. The third-order valence-corrected chi connectivity index (χ3v) is 5.66. The molecule has 1 heterocycles. The number of aromatic amines is 1. The summed E-state index contributed by atoms with van der Waals surface area (Å²) < 4.78 is 0. The van der Waals surface area contributed by atoms with Crippen LogP contribution in [-0.2, 0) is 4.79 Å². The van der Waals surface area contributed by atoms with Crippen LogP contribution < -0.4 is 5.32 Å². The maximum atomic E-state index is 13.0. The molecule has 0 bridgehead atoms. The Hall–Kier alpha value is -3.04. The number of fused-ring (bicyclic) bond motifs is 1. The van der Waals surface area contributed by atoms with Crippen molar-refractivity contribution in [3.8, 4) is 0 Å². The zero-order valence-corrected chi connectivity index (χ0v) is 17.3. The maximum absolute atomic E-state index is 13.0. The molecule has 1 atom stereocenters. The molecule has 4 heteroatoms. The van der Waals surface area contributed by atoms with Gasteiger partial charge in [0.1, 0.15) is 0 Å². The molecule has 4 rings (SSSR count).